The Morgan fingerprint density at radius 1 is 1.53 bits per heavy atom. The van der Waals surface area contributed by atoms with E-state index in [9.17, 15) is 9.18 Å². The van der Waals surface area contributed by atoms with Crippen molar-refractivity contribution in [2.45, 2.75) is 6.92 Å². The third-order valence-corrected chi connectivity index (χ3v) is 2.02. The molecule has 0 aromatic carbocycles. The Labute approximate surface area is 95.8 Å². The van der Waals surface area contributed by atoms with Crippen LogP contribution >= 0.6 is 0 Å². The smallest absolute Gasteiger partial charge is 0.407 e. The Morgan fingerprint density at radius 3 is 2.94 bits per heavy atom. The summed E-state index contributed by atoms with van der Waals surface area (Å²) >= 11 is 0. The van der Waals surface area contributed by atoms with Crippen molar-refractivity contribution in [3.63, 3.8) is 0 Å². The van der Waals surface area contributed by atoms with Gasteiger partial charge in [0.1, 0.15) is 11.5 Å². The fourth-order valence-corrected chi connectivity index (χ4v) is 1.31. The van der Waals surface area contributed by atoms with Crippen LogP contribution in [0, 0.1) is 12.7 Å². The van der Waals surface area contributed by atoms with Gasteiger partial charge in [-0.25, -0.2) is 13.9 Å². The summed E-state index contributed by atoms with van der Waals surface area (Å²) < 4.78 is 19.0. The molecule has 0 saturated heterocycles. The molecule has 0 atom stereocenters. The Hall–Kier alpha value is -2.44. The summed E-state index contributed by atoms with van der Waals surface area (Å²) in [4.78, 5) is 14.3. The molecule has 6 nitrogen and oxygen atoms in total. The van der Waals surface area contributed by atoms with Gasteiger partial charge in [0, 0.05) is 6.07 Å². The zero-order chi connectivity index (χ0) is 12.4. The summed E-state index contributed by atoms with van der Waals surface area (Å²) in [5, 5.41) is 4.05. The molecule has 0 aliphatic heterocycles. The lowest BCUT2D eigenvalue weighted by Gasteiger charge is -1.99. The van der Waals surface area contributed by atoms with Gasteiger partial charge < -0.3 is 10.5 Å². The lowest BCUT2D eigenvalue weighted by atomic mass is 10.4. The van der Waals surface area contributed by atoms with E-state index >= 15 is 0 Å². The first-order valence-electron chi connectivity index (χ1n) is 4.71. The molecule has 88 valence electrons. The van der Waals surface area contributed by atoms with Crippen LogP contribution in [-0.2, 0) is 0 Å². The second-order valence-corrected chi connectivity index (χ2v) is 3.31. The van der Waals surface area contributed by atoms with Crippen LogP contribution in [0.15, 0.2) is 24.7 Å². The van der Waals surface area contributed by atoms with Crippen molar-refractivity contribution in [2.24, 2.45) is 5.73 Å². The predicted molar refractivity (Wildman–Crippen MR) is 56.3 cm³/mol. The predicted octanol–water partition coefficient (Wildman–Crippen LogP) is 1.17. The number of carbonyl (C=O) groups excluding carboxylic acids is 1. The Morgan fingerprint density at radius 2 is 2.29 bits per heavy atom. The molecular formula is C10H9FN4O2. The van der Waals surface area contributed by atoms with E-state index < -0.39 is 11.9 Å². The van der Waals surface area contributed by atoms with Gasteiger partial charge in [0.15, 0.2) is 5.75 Å². The molecule has 0 spiro atoms. The van der Waals surface area contributed by atoms with Gasteiger partial charge in [0.05, 0.1) is 24.3 Å². The molecule has 2 heterocycles. The number of hydrogen-bond donors (Lipinski definition) is 1. The van der Waals surface area contributed by atoms with Gasteiger partial charge in [-0.15, -0.1) is 0 Å². The summed E-state index contributed by atoms with van der Waals surface area (Å²) in [6.07, 6.45) is 3.02. The van der Waals surface area contributed by atoms with Crippen LogP contribution in [-0.4, -0.2) is 20.9 Å². The summed E-state index contributed by atoms with van der Waals surface area (Å²) in [5.41, 5.74) is 5.78. The van der Waals surface area contributed by atoms with Gasteiger partial charge in [-0.3, -0.25) is 4.98 Å². The molecule has 1 amide bonds. The maximum atomic E-state index is 13.0. The molecule has 0 aliphatic rings. The molecule has 17 heavy (non-hydrogen) atoms. The monoisotopic (exact) mass is 236 g/mol. The SMILES string of the molecule is Cc1nn(-c2cncc(F)c2)cc1OC(N)=O. The van der Waals surface area contributed by atoms with E-state index in [-0.39, 0.29) is 5.75 Å². The minimum absolute atomic E-state index is 0.224. The van der Waals surface area contributed by atoms with Gasteiger partial charge >= 0.3 is 6.09 Å². The molecule has 0 aliphatic carbocycles. The van der Waals surface area contributed by atoms with Crippen molar-refractivity contribution in [3.05, 3.63) is 36.2 Å². The van der Waals surface area contributed by atoms with E-state index in [0.717, 1.165) is 6.20 Å². The number of ether oxygens (including phenoxy) is 1. The molecule has 0 saturated carbocycles. The van der Waals surface area contributed by atoms with Crippen LogP contribution < -0.4 is 10.5 Å². The van der Waals surface area contributed by atoms with Gasteiger partial charge in [0.25, 0.3) is 0 Å². The number of nitrogens with two attached hydrogens (primary N) is 1. The van der Waals surface area contributed by atoms with E-state index in [0.29, 0.717) is 11.4 Å². The maximum Gasteiger partial charge on any atom is 0.410 e. The fourth-order valence-electron chi connectivity index (χ4n) is 1.31. The first-order valence-corrected chi connectivity index (χ1v) is 4.71. The minimum Gasteiger partial charge on any atom is -0.407 e. The Balaban J connectivity index is 2.37. The summed E-state index contributed by atoms with van der Waals surface area (Å²) in [6, 6.07) is 1.26. The van der Waals surface area contributed by atoms with E-state index in [1.807, 2.05) is 0 Å². The second kappa shape index (κ2) is 4.20. The molecule has 0 bridgehead atoms. The Kier molecular flexibility index (Phi) is 2.73. The highest BCUT2D eigenvalue weighted by atomic mass is 19.1. The number of amides is 1. The normalized spacial score (nSPS) is 10.2. The molecule has 0 radical (unpaired) electrons. The number of nitrogens with zero attached hydrogens (tertiary/aromatic N) is 3. The molecule has 2 rings (SSSR count). The molecule has 7 heteroatoms. The number of hydrogen-bond acceptors (Lipinski definition) is 4. The van der Waals surface area contributed by atoms with E-state index in [1.165, 1.54) is 23.1 Å². The first kappa shape index (κ1) is 11.1. The number of aryl methyl sites for hydroxylation is 1. The fraction of sp³-hybridized carbons (Fsp3) is 0.100. The standard InChI is InChI=1S/C10H9FN4O2/c1-6-9(17-10(12)16)5-15(14-6)8-2-7(11)3-13-4-8/h2-5H,1H3,(H2,12,16). The van der Waals surface area contributed by atoms with E-state index in [1.54, 1.807) is 6.92 Å². The molecule has 2 N–H and O–H groups in total. The highest BCUT2D eigenvalue weighted by molar-refractivity contribution is 5.68. The topological polar surface area (TPSA) is 83.0 Å². The van der Waals surface area contributed by atoms with Gasteiger partial charge in [-0.1, -0.05) is 0 Å². The number of rotatable bonds is 2. The number of aromatic nitrogens is 3. The molecule has 2 aromatic heterocycles. The van der Waals surface area contributed by atoms with Crippen molar-refractivity contribution in [3.8, 4) is 11.4 Å². The quantitative estimate of drug-likeness (QED) is 0.848. The second-order valence-electron chi connectivity index (χ2n) is 3.31. The number of primary amides is 1. The van der Waals surface area contributed by atoms with Crippen LogP contribution in [0.2, 0.25) is 0 Å². The van der Waals surface area contributed by atoms with Crippen LogP contribution in [0.1, 0.15) is 5.69 Å². The van der Waals surface area contributed by atoms with Gasteiger partial charge in [0.2, 0.25) is 0 Å². The molecular weight excluding hydrogens is 227 g/mol. The first-order chi connectivity index (χ1) is 8.06. The van der Waals surface area contributed by atoms with Gasteiger partial charge in [-0.2, -0.15) is 5.10 Å². The summed E-state index contributed by atoms with van der Waals surface area (Å²) in [5.74, 6) is -0.255. The lowest BCUT2D eigenvalue weighted by Crippen LogP contribution is -2.16. The molecule has 0 unspecified atom stereocenters. The van der Waals surface area contributed by atoms with Crippen molar-refractivity contribution >= 4 is 6.09 Å². The molecule has 0 fully saturated rings. The number of halogens is 1. The maximum absolute atomic E-state index is 13.0. The zero-order valence-corrected chi connectivity index (χ0v) is 8.92. The average Bonchev–Trinajstić information content (AvgIpc) is 2.59. The average molecular weight is 236 g/mol. The number of carbonyl (C=O) groups is 1. The van der Waals surface area contributed by atoms with Gasteiger partial charge in [-0.05, 0) is 6.92 Å². The van der Waals surface area contributed by atoms with Crippen molar-refractivity contribution < 1.29 is 13.9 Å². The Bertz CT molecular complexity index is 567. The largest absolute Gasteiger partial charge is 0.410 e. The highest BCUT2D eigenvalue weighted by Gasteiger charge is 2.10. The van der Waals surface area contributed by atoms with Crippen LogP contribution in [0.3, 0.4) is 0 Å². The van der Waals surface area contributed by atoms with Crippen LogP contribution in [0.5, 0.6) is 5.75 Å². The van der Waals surface area contributed by atoms with Crippen molar-refractivity contribution in [2.75, 3.05) is 0 Å². The lowest BCUT2D eigenvalue weighted by molar-refractivity contribution is 0.210. The van der Waals surface area contributed by atoms with Crippen molar-refractivity contribution in [1.82, 2.24) is 14.8 Å². The summed E-state index contributed by atoms with van der Waals surface area (Å²) in [7, 11) is 0. The van der Waals surface area contributed by atoms with Crippen molar-refractivity contribution in [1.29, 1.82) is 0 Å². The highest BCUT2D eigenvalue weighted by Crippen LogP contribution is 2.18. The zero-order valence-electron chi connectivity index (χ0n) is 8.92. The molecule has 2 aromatic rings. The third kappa shape index (κ3) is 2.39. The minimum atomic E-state index is -0.926. The van der Waals surface area contributed by atoms with E-state index in [4.69, 9.17) is 10.5 Å². The van der Waals surface area contributed by atoms with Crippen LogP contribution in [0.25, 0.3) is 5.69 Å². The van der Waals surface area contributed by atoms with E-state index in [2.05, 4.69) is 10.1 Å². The van der Waals surface area contributed by atoms with Crippen LogP contribution in [0.4, 0.5) is 9.18 Å². The third-order valence-electron chi connectivity index (χ3n) is 2.02. The summed E-state index contributed by atoms with van der Waals surface area (Å²) in [6.45, 7) is 1.64. The number of pyridine rings is 1.